The summed E-state index contributed by atoms with van der Waals surface area (Å²) in [5, 5.41) is 0.859. The smallest absolute Gasteiger partial charge is 0.345 e. The number of para-hydroxylation sites is 1. The number of esters is 1. The standard InChI is InChI=1S/C19H15NO3/c1-20-11-16(14-4-2-3-5-17(14)20)19(22)23-13-8-6-12-7-9-18(21)15(12)10-13/h2-6,8,10-11H,7,9H2,1H3. The van der Waals surface area contributed by atoms with Crippen molar-refractivity contribution in [3.63, 3.8) is 0 Å². The Morgan fingerprint density at radius 3 is 2.83 bits per heavy atom. The number of carbonyl (C=O) groups excluding carboxylic acids is 2. The minimum Gasteiger partial charge on any atom is -0.423 e. The van der Waals surface area contributed by atoms with Gasteiger partial charge in [-0.05, 0) is 30.2 Å². The lowest BCUT2D eigenvalue weighted by Gasteiger charge is -2.05. The maximum atomic E-state index is 12.5. The molecule has 23 heavy (non-hydrogen) atoms. The monoisotopic (exact) mass is 305 g/mol. The van der Waals surface area contributed by atoms with Crippen LogP contribution in [0.4, 0.5) is 0 Å². The van der Waals surface area contributed by atoms with Crippen molar-refractivity contribution in [2.24, 2.45) is 7.05 Å². The van der Waals surface area contributed by atoms with Crippen LogP contribution in [0.3, 0.4) is 0 Å². The largest absolute Gasteiger partial charge is 0.423 e. The second-order valence-corrected chi connectivity index (χ2v) is 5.80. The van der Waals surface area contributed by atoms with Crippen LogP contribution in [0, 0.1) is 0 Å². The van der Waals surface area contributed by atoms with E-state index in [1.165, 1.54) is 0 Å². The minimum absolute atomic E-state index is 0.114. The third-order valence-electron chi connectivity index (χ3n) is 4.33. The van der Waals surface area contributed by atoms with Crippen LogP contribution in [-0.2, 0) is 13.5 Å². The average molecular weight is 305 g/mol. The van der Waals surface area contributed by atoms with Gasteiger partial charge in [0.2, 0.25) is 0 Å². The second-order valence-electron chi connectivity index (χ2n) is 5.80. The maximum Gasteiger partial charge on any atom is 0.345 e. The number of rotatable bonds is 2. The summed E-state index contributed by atoms with van der Waals surface area (Å²) in [5.74, 6) is 0.118. The van der Waals surface area contributed by atoms with Crippen molar-refractivity contribution in [3.8, 4) is 5.75 Å². The molecule has 114 valence electrons. The van der Waals surface area contributed by atoms with Gasteiger partial charge in [-0.2, -0.15) is 0 Å². The van der Waals surface area contributed by atoms with Crippen LogP contribution in [0.15, 0.2) is 48.7 Å². The minimum atomic E-state index is -0.410. The van der Waals surface area contributed by atoms with Gasteiger partial charge in [0.25, 0.3) is 0 Å². The second kappa shape index (κ2) is 5.09. The Morgan fingerprint density at radius 2 is 1.96 bits per heavy atom. The lowest BCUT2D eigenvalue weighted by atomic mass is 10.1. The average Bonchev–Trinajstić information content (AvgIpc) is 3.09. The van der Waals surface area contributed by atoms with E-state index in [-0.39, 0.29) is 5.78 Å². The highest BCUT2D eigenvalue weighted by atomic mass is 16.5. The fourth-order valence-corrected chi connectivity index (χ4v) is 3.15. The number of Topliss-reactive ketones (excluding diaryl/α,β-unsaturated/α-hetero) is 1. The fourth-order valence-electron chi connectivity index (χ4n) is 3.15. The van der Waals surface area contributed by atoms with E-state index >= 15 is 0 Å². The molecule has 0 aliphatic heterocycles. The molecule has 0 spiro atoms. The first-order valence-electron chi connectivity index (χ1n) is 7.56. The molecule has 0 amide bonds. The van der Waals surface area contributed by atoms with Crippen LogP contribution < -0.4 is 4.74 Å². The molecule has 3 aromatic rings. The summed E-state index contributed by atoms with van der Waals surface area (Å²) in [5.41, 5.74) is 3.20. The highest BCUT2D eigenvalue weighted by Gasteiger charge is 2.21. The Hall–Kier alpha value is -2.88. The molecule has 0 saturated carbocycles. The van der Waals surface area contributed by atoms with Crippen molar-refractivity contribution in [1.29, 1.82) is 0 Å². The Bertz CT molecular complexity index is 952. The molecular weight excluding hydrogens is 290 g/mol. The normalized spacial score (nSPS) is 13.3. The number of carbonyl (C=O) groups is 2. The fraction of sp³-hybridized carbons (Fsp3) is 0.158. The van der Waals surface area contributed by atoms with Gasteiger partial charge in [-0.3, -0.25) is 4.79 Å². The SMILES string of the molecule is Cn1cc(C(=O)Oc2ccc3c(c2)C(=O)CC3)c2ccccc21. The molecule has 4 rings (SSSR count). The first-order chi connectivity index (χ1) is 11.1. The maximum absolute atomic E-state index is 12.5. The zero-order chi connectivity index (χ0) is 16.0. The van der Waals surface area contributed by atoms with Crippen molar-refractivity contribution in [2.45, 2.75) is 12.8 Å². The Labute approximate surface area is 133 Å². The van der Waals surface area contributed by atoms with Crippen molar-refractivity contribution in [2.75, 3.05) is 0 Å². The van der Waals surface area contributed by atoms with Crippen LogP contribution in [0.1, 0.15) is 32.7 Å². The lowest BCUT2D eigenvalue weighted by Crippen LogP contribution is -2.08. The molecule has 1 aliphatic carbocycles. The summed E-state index contributed by atoms with van der Waals surface area (Å²) < 4.78 is 7.39. The molecule has 0 radical (unpaired) electrons. The third-order valence-corrected chi connectivity index (χ3v) is 4.33. The van der Waals surface area contributed by atoms with Crippen molar-refractivity contribution >= 4 is 22.7 Å². The van der Waals surface area contributed by atoms with E-state index in [1.807, 2.05) is 41.9 Å². The number of benzene rings is 2. The van der Waals surface area contributed by atoms with E-state index in [0.717, 1.165) is 22.9 Å². The molecule has 0 bridgehead atoms. The predicted octanol–water partition coefficient (Wildman–Crippen LogP) is 3.53. The van der Waals surface area contributed by atoms with E-state index < -0.39 is 5.97 Å². The van der Waals surface area contributed by atoms with Gasteiger partial charge in [0, 0.05) is 36.1 Å². The molecule has 4 heteroatoms. The first kappa shape index (κ1) is 13.8. The molecular formula is C19H15NO3. The van der Waals surface area contributed by atoms with Crippen LogP contribution >= 0.6 is 0 Å². The van der Waals surface area contributed by atoms with Crippen LogP contribution in [-0.4, -0.2) is 16.3 Å². The van der Waals surface area contributed by atoms with Crippen molar-refractivity contribution in [1.82, 2.24) is 4.57 Å². The van der Waals surface area contributed by atoms with Gasteiger partial charge in [0.05, 0.1) is 5.56 Å². The number of fused-ring (bicyclic) bond motifs is 2. The van der Waals surface area contributed by atoms with Gasteiger partial charge in [-0.25, -0.2) is 4.79 Å². The Morgan fingerprint density at radius 1 is 1.13 bits per heavy atom. The zero-order valence-corrected chi connectivity index (χ0v) is 12.7. The molecule has 0 fully saturated rings. The van der Waals surface area contributed by atoms with Crippen LogP contribution in [0.25, 0.3) is 10.9 Å². The summed E-state index contributed by atoms with van der Waals surface area (Å²) in [6.45, 7) is 0. The first-order valence-corrected chi connectivity index (χ1v) is 7.56. The Balaban J connectivity index is 1.68. The quantitative estimate of drug-likeness (QED) is 0.537. The Kier molecular flexibility index (Phi) is 3.05. The van der Waals surface area contributed by atoms with Crippen molar-refractivity contribution < 1.29 is 14.3 Å². The molecule has 2 aromatic carbocycles. The van der Waals surface area contributed by atoms with Gasteiger partial charge in [-0.15, -0.1) is 0 Å². The van der Waals surface area contributed by atoms with E-state index in [9.17, 15) is 9.59 Å². The molecule has 1 aliphatic rings. The molecule has 0 N–H and O–H groups in total. The number of nitrogens with zero attached hydrogens (tertiary/aromatic N) is 1. The predicted molar refractivity (Wildman–Crippen MR) is 87.0 cm³/mol. The van der Waals surface area contributed by atoms with E-state index in [4.69, 9.17) is 4.74 Å². The number of hydrogen-bond donors (Lipinski definition) is 0. The summed E-state index contributed by atoms with van der Waals surface area (Å²) in [4.78, 5) is 24.3. The highest BCUT2D eigenvalue weighted by Crippen LogP contribution is 2.27. The van der Waals surface area contributed by atoms with Gasteiger partial charge in [0.1, 0.15) is 5.75 Å². The third kappa shape index (κ3) is 2.23. The summed E-state index contributed by atoms with van der Waals surface area (Å²) in [6, 6.07) is 13.0. The van der Waals surface area contributed by atoms with E-state index in [0.29, 0.717) is 23.3 Å². The van der Waals surface area contributed by atoms with Gasteiger partial charge in [-0.1, -0.05) is 24.3 Å². The van der Waals surface area contributed by atoms with Crippen LogP contribution in [0.2, 0.25) is 0 Å². The van der Waals surface area contributed by atoms with E-state index in [2.05, 4.69) is 0 Å². The topological polar surface area (TPSA) is 48.3 Å². The summed E-state index contributed by atoms with van der Waals surface area (Å²) in [6.07, 6.45) is 3.08. The van der Waals surface area contributed by atoms with Gasteiger partial charge in [0.15, 0.2) is 5.78 Å². The number of hydrogen-bond acceptors (Lipinski definition) is 3. The highest BCUT2D eigenvalue weighted by molar-refractivity contribution is 6.05. The summed E-state index contributed by atoms with van der Waals surface area (Å²) in [7, 11) is 1.90. The number of ether oxygens (including phenoxy) is 1. The molecule has 0 unspecified atom stereocenters. The molecule has 4 nitrogen and oxygen atoms in total. The molecule has 1 heterocycles. The van der Waals surface area contributed by atoms with Crippen molar-refractivity contribution in [3.05, 3.63) is 65.4 Å². The summed E-state index contributed by atoms with van der Waals surface area (Å²) >= 11 is 0. The molecule has 1 aromatic heterocycles. The zero-order valence-electron chi connectivity index (χ0n) is 12.7. The van der Waals surface area contributed by atoms with Crippen LogP contribution in [0.5, 0.6) is 5.75 Å². The number of aromatic nitrogens is 1. The number of ketones is 1. The van der Waals surface area contributed by atoms with Gasteiger partial charge >= 0.3 is 5.97 Å². The molecule has 0 atom stereocenters. The lowest BCUT2D eigenvalue weighted by molar-refractivity contribution is 0.0735. The van der Waals surface area contributed by atoms with E-state index in [1.54, 1.807) is 18.3 Å². The molecule has 0 saturated heterocycles. The van der Waals surface area contributed by atoms with Gasteiger partial charge < -0.3 is 9.30 Å². The number of aryl methyl sites for hydroxylation is 2.